The van der Waals surface area contributed by atoms with Crippen LogP contribution < -0.4 is 9.64 Å². The zero-order valence-corrected chi connectivity index (χ0v) is 22.4. The lowest BCUT2D eigenvalue weighted by molar-refractivity contribution is 0.0965. The van der Waals surface area contributed by atoms with Crippen LogP contribution in [-0.4, -0.2) is 61.6 Å². The zero-order valence-electron chi connectivity index (χ0n) is 22.4. The smallest absolute Gasteiger partial charge is 0.167 e. The number of hydrogen-bond acceptors (Lipinski definition) is 7. The van der Waals surface area contributed by atoms with Crippen molar-refractivity contribution >= 4 is 5.82 Å². The number of fused-ring (bicyclic) bond motifs is 1. The highest BCUT2D eigenvalue weighted by atomic mass is 19.1. The molecular weight excluding hydrogens is 514 g/mol. The molecule has 0 bridgehead atoms. The van der Waals surface area contributed by atoms with Gasteiger partial charge < -0.3 is 14.7 Å². The van der Waals surface area contributed by atoms with Gasteiger partial charge in [-0.05, 0) is 17.7 Å². The van der Waals surface area contributed by atoms with Crippen molar-refractivity contribution in [2.45, 2.75) is 44.5 Å². The Kier molecular flexibility index (Phi) is 7.44. The lowest BCUT2D eigenvalue weighted by Crippen LogP contribution is -2.44. The van der Waals surface area contributed by atoms with Gasteiger partial charge in [0.25, 0.3) is 0 Å². The Balaban J connectivity index is 1.25. The van der Waals surface area contributed by atoms with Crippen LogP contribution in [0.5, 0.6) is 5.75 Å². The zero-order chi connectivity index (χ0) is 27.6. The van der Waals surface area contributed by atoms with Crippen LogP contribution in [0.2, 0.25) is 0 Å². The molecule has 4 aromatic rings. The van der Waals surface area contributed by atoms with E-state index < -0.39 is 11.6 Å². The molecule has 10 heteroatoms. The lowest BCUT2D eigenvalue weighted by atomic mass is 10.0. The van der Waals surface area contributed by atoms with E-state index in [4.69, 9.17) is 14.7 Å². The van der Waals surface area contributed by atoms with Crippen LogP contribution in [-0.2, 0) is 26.6 Å². The van der Waals surface area contributed by atoms with Gasteiger partial charge in [-0.25, -0.2) is 18.7 Å². The SMILES string of the molecule is Cn1cc(-c2nc3c(nc2N2CCC(Oc4ccc(F)cc4F)CC2)CC(CO)N(Cc2ccccc2)C3)cn1. The van der Waals surface area contributed by atoms with Crippen molar-refractivity contribution in [2.75, 3.05) is 24.6 Å². The Morgan fingerprint density at radius 2 is 1.82 bits per heavy atom. The molecule has 40 heavy (non-hydrogen) atoms. The van der Waals surface area contributed by atoms with Gasteiger partial charge in [0, 0.05) is 76.4 Å². The van der Waals surface area contributed by atoms with Crippen LogP contribution in [0.15, 0.2) is 60.9 Å². The standard InChI is InChI=1S/C30H32F2N6O2/c1-36-17-21(15-33-36)29-30(37-11-9-24(10-12-37)40-28-8-7-22(31)13-25(28)32)35-26-14-23(19-39)38(18-27(26)34-29)16-20-5-3-2-4-6-20/h2-8,13,15,17,23-24,39H,9-12,14,16,18-19H2,1H3. The van der Waals surface area contributed by atoms with Crippen LogP contribution in [0.3, 0.4) is 0 Å². The van der Waals surface area contributed by atoms with Gasteiger partial charge in [-0.15, -0.1) is 0 Å². The van der Waals surface area contributed by atoms with Gasteiger partial charge in [0.2, 0.25) is 0 Å². The van der Waals surface area contributed by atoms with Gasteiger partial charge in [0.05, 0.1) is 24.2 Å². The summed E-state index contributed by atoms with van der Waals surface area (Å²) in [6.07, 6.45) is 5.48. The summed E-state index contributed by atoms with van der Waals surface area (Å²) in [5.74, 6) is -0.465. The van der Waals surface area contributed by atoms with Crippen LogP contribution in [0.4, 0.5) is 14.6 Å². The molecule has 2 aromatic heterocycles. The van der Waals surface area contributed by atoms with Crippen molar-refractivity contribution < 1.29 is 18.6 Å². The Morgan fingerprint density at radius 3 is 2.52 bits per heavy atom. The molecule has 2 aliphatic rings. The summed E-state index contributed by atoms with van der Waals surface area (Å²) >= 11 is 0. The second-order valence-corrected chi connectivity index (χ2v) is 10.5. The third kappa shape index (κ3) is 5.55. The summed E-state index contributed by atoms with van der Waals surface area (Å²) in [5.41, 5.74) is 4.66. The maximum absolute atomic E-state index is 14.1. The van der Waals surface area contributed by atoms with E-state index in [2.05, 4.69) is 27.0 Å². The van der Waals surface area contributed by atoms with Gasteiger partial charge in [-0.2, -0.15) is 5.10 Å². The minimum Gasteiger partial charge on any atom is -0.487 e. The van der Waals surface area contributed by atoms with E-state index in [0.29, 0.717) is 38.9 Å². The molecule has 0 aliphatic carbocycles. The van der Waals surface area contributed by atoms with Crippen molar-refractivity contribution in [3.63, 3.8) is 0 Å². The number of hydrogen-bond donors (Lipinski definition) is 1. The highest BCUT2D eigenvalue weighted by Crippen LogP contribution is 2.34. The van der Waals surface area contributed by atoms with Crippen molar-refractivity contribution in [2.24, 2.45) is 7.05 Å². The predicted molar refractivity (Wildman–Crippen MR) is 147 cm³/mol. The molecule has 1 saturated heterocycles. The molecule has 8 nitrogen and oxygen atoms in total. The molecule has 2 aliphatic heterocycles. The third-order valence-electron chi connectivity index (χ3n) is 7.68. The fourth-order valence-electron chi connectivity index (χ4n) is 5.54. The average molecular weight is 547 g/mol. The van der Waals surface area contributed by atoms with E-state index in [1.165, 1.54) is 17.7 Å². The second-order valence-electron chi connectivity index (χ2n) is 10.5. The Bertz CT molecular complexity index is 1470. The van der Waals surface area contributed by atoms with Crippen molar-refractivity contribution in [1.29, 1.82) is 0 Å². The number of aliphatic hydroxyl groups excluding tert-OH is 1. The number of halogens is 2. The molecule has 1 fully saturated rings. The fourth-order valence-corrected chi connectivity index (χ4v) is 5.54. The van der Waals surface area contributed by atoms with Gasteiger partial charge in [-0.3, -0.25) is 9.58 Å². The molecular formula is C30H32F2N6O2. The molecule has 1 N–H and O–H groups in total. The number of ether oxygens (including phenoxy) is 1. The topological polar surface area (TPSA) is 79.5 Å². The van der Waals surface area contributed by atoms with E-state index in [1.807, 2.05) is 31.4 Å². The fraction of sp³-hybridized carbons (Fsp3) is 0.367. The third-order valence-corrected chi connectivity index (χ3v) is 7.68. The summed E-state index contributed by atoms with van der Waals surface area (Å²) in [6.45, 7) is 2.65. The van der Waals surface area contributed by atoms with Crippen LogP contribution in [0.25, 0.3) is 11.3 Å². The average Bonchev–Trinajstić information content (AvgIpc) is 3.40. The van der Waals surface area contributed by atoms with Gasteiger partial charge in [-0.1, -0.05) is 30.3 Å². The first-order valence-corrected chi connectivity index (χ1v) is 13.6. The van der Waals surface area contributed by atoms with Crippen molar-refractivity contribution in [3.8, 4) is 17.0 Å². The van der Waals surface area contributed by atoms with Crippen molar-refractivity contribution in [3.05, 3.63) is 89.5 Å². The first kappa shape index (κ1) is 26.3. The summed E-state index contributed by atoms with van der Waals surface area (Å²) < 4.78 is 35.1. The van der Waals surface area contributed by atoms with Crippen molar-refractivity contribution in [1.82, 2.24) is 24.6 Å². The van der Waals surface area contributed by atoms with Crippen LogP contribution in [0, 0.1) is 11.6 Å². The van der Waals surface area contributed by atoms with Crippen LogP contribution >= 0.6 is 0 Å². The van der Waals surface area contributed by atoms with E-state index in [-0.39, 0.29) is 24.5 Å². The summed E-state index contributed by atoms with van der Waals surface area (Å²) in [4.78, 5) is 14.7. The number of anilines is 1. The van der Waals surface area contributed by atoms with Gasteiger partial charge in [0.1, 0.15) is 17.6 Å². The molecule has 1 unspecified atom stereocenters. The molecule has 208 valence electrons. The minimum absolute atomic E-state index is 0.0380. The van der Waals surface area contributed by atoms with E-state index in [9.17, 15) is 13.9 Å². The first-order valence-electron chi connectivity index (χ1n) is 13.6. The van der Waals surface area contributed by atoms with Gasteiger partial charge in [0.15, 0.2) is 17.4 Å². The van der Waals surface area contributed by atoms with E-state index in [0.717, 1.165) is 41.1 Å². The maximum Gasteiger partial charge on any atom is 0.167 e. The molecule has 6 rings (SSSR count). The molecule has 1 atom stereocenters. The number of piperidine rings is 1. The first-order chi connectivity index (χ1) is 19.5. The monoisotopic (exact) mass is 546 g/mol. The predicted octanol–water partition coefficient (Wildman–Crippen LogP) is 4.12. The number of aromatic nitrogens is 4. The largest absolute Gasteiger partial charge is 0.487 e. The molecule has 0 radical (unpaired) electrons. The maximum atomic E-state index is 14.1. The summed E-state index contributed by atoms with van der Waals surface area (Å²) in [5, 5.41) is 14.6. The molecule has 2 aromatic carbocycles. The number of nitrogens with zero attached hydrogens (tertiary/aromatic N) is 6. The summed E-state index contributed by atoms with van der Waals surface area (Å²) in [7, 11) is 1.87. The van der Waals surface area contributed by atoms with Crippen LogP contribution in [0.1, 0.15) is 29.8 Å². The highest BCUT2D eigenvalue weighted by Gasteiger charge is 2.32. The Hall–Kier alpha value is -3.89. The van der Waals surface area contributed by atoms with E-state index >= 15 is 0 Å². The molecule has 0 amide bonds. The van der Waals surface area contributed by atoms with Gasteiger partial charge >= 0.3 is 0 Å². The second kappa shape index (κ2) is 11.3. The molecule has 0 spiro atoms. The lowest BCUT2D eigenvalue weighted by Gasteiger charge is -2.37. The number of aliphatic hydroxyl groups is 1. The molecule has 4 heterocycles. The normalized spacial score (nSPS) is 18.1. The number of rotatable bonds is 7. The quantitative estimate of drug-likeness (QED) is 0.374. The number of benzene rings is 2. The minimum atomic E-state index is -0.693. The summed E-state index contributed by atoms with van der Waals surface area (Å²) in [6, 6.07) is 13.6. The number of aryl methyl sites for hydroxylation is 1. The Morgan fingerprint density at radius 1 is 1.02 bits per heavy atom. The van der Waals surface area contributed by atoms with E-state index in [1.54, 1.807) is 10.9 Å². The highest BCUT2D eigenvalue weighted by molar-refractivity contribution is 5.72. The Labute approximate surface area is 231 Å². The molecule has 0 saturated carbocycles.